The van der Waals surface area contributed by atoms with Crippen LogP contribution in [0, 0.1) is 19.8 Å². The molecule has 0 aliphatic heterocycles. The zero-order chi connectivity index (χ0) is 14.0. The average Bonchev–Trinajstić information content (AvgIpc) is 3.19. The molecule has 19 heavy (non-hydrogen) atoms. The molecule has 1 aromatic rings. The number of benzene rings is 1. The number of nitrogens with zero attached hydrogens (tertiary/aromatic N) is 1. The molecule has 0 aromatic heterocycles. The molecule has 0 heterocycles. The lowest BCUT2D eigenvalue weighted by molar-refractivity contribution is -0.131. The predicted molar refractivity (Wildman–Crippen MR) is 78.0 cm³/mol. The zero-order valence-electron chi connectivity index (χ0n) is 12.1. The highest BCUT2D eigenvalue weighted by atomic mass is 16.2. The Morgan fingerprint density at radius 1 is 1.42 bits per heavy atom. The third-order valence-corrected chi connectivity index (χ3v) is 4.14. The molecular weight excluding hydrogens is 236 g/mol. The van der Waals surface area contributed by atoms with Gasteiger partial charge in [-0.15, -0.1) is 0 Å². The van der Waals surface area contributed by atoms with Gasteiger partial charge in [0.25, 0.3) is 0 Å². The van der Waals surface area contributed by atoms with E-state index in [1.54, 1.807) is 0 Å². The topological polar surface area (TPSA) is 46.3 Å². The van der Waals surface area contributed by atoms with Crippen molar-refractivity contribution in [1.29, 1.82) is 0 Å². The maximum Gasteiger partial charge on any atom is 0.227 e. The van der Waals surface area contributed by atoms with Crippen LogP contribution in [0.2, 0.25) is 0 Å². The molecule has 1 fully saturated rings. The zero-order valence-corrected chi connectivity index (χ0v) is 12.1. The van der Waals surface area contributed by atoms with Crippen LogP contribution in [0.1, 0.15) is 29.5 Å². The van der Waals surface area contributed by atoms with Gasteiger partial charge in [0.2, 0.25) is 5.91 Å². The summed E-state index contributed by atoms with van der Waals surface area (Å²) in [6.45, 7) is 4.69. The van der Waals surface area contributed by atoms with E-state index in [-0.39, 0.29) is 11.9 Å². The van der Waals surface area contributed by atoms with Crippen LogP contribution in [0.3, 0.4) is 0 Å². The summed E-state index contributed by atoms with van der Waals surface area (Å²) in [6, 6.07) is 6.49. The molecule has 1 aromatic carbocycles. The summed E-state index contributed by atoms with van der Waals surface area (Å²) < 4.78 is 0. The van der Waals surface area contributed by atoms with Gasteiger partial charge in [-0.1, -0.05) is 23.8 Å². The van der Waals surface area contributed by atoms with E-state index in [0.29, 0.717) is 18.9 Å². The lowest BCUT2D eigenvalue weighted by Crippen LogP contribution is -2.44. The van der Waals surface area contributed by atoms with Gasteiger partial charge in [0.05, 0.1) is 6.42 Å². The monoisotopic (exact) mass is 260 g/mol. The van der Waals surface area contributed by atoms with E-state index < -0.39 is 0 Å². The van der Waals surface area contributed by atoms with Crippen molar-refractivity contribution in [3.8, 4) is 0 Å². The second-order valence-electron chi connectivity index (χ2n) is 5.75. The Labute approximate surface area is 115 Å². The van der Waals surface area contributed by atoms with Crippen molar-refractivity contribution in [3.63, 3.8) is 0 Å². The van der Waals surface area contributed by atoms with Gasteiger partial charge in [0.1, 0.15) is 0 Å². The molecule has 2 rings (SSSR count). The summed E-state index contributed by atoms with van der Waals surface area (Å²) in [4.78, 5) is 14.2. The summed E-state index contributed by atoms with van der Waals surface area (Å²) in [5.41, 5.74) is 9.32. The number of nitrogens with two attached hydrogens (primary N) is 1. The molecule has 104 valence electrons. The summed E-state index contributed by atoms with van der Waals surface area (Å²) in [5, 5.41) is 0. The van der Waals surface area contributed by atoms with Crippen molar-refractivity contribution in [2.75, 3.05) is 13.6 Å². The Balaban J connectivity index is 2.05. The van der Waals surface area contributed by atoms with Crippen LogP contribution in [-0.4, -0.2) is 30.4 Å². The van der Waals surface area contributed by atoms with E-state index in [9.17, 15) is 4.79 Å². The molecule has 1 atom stereocenters. The smallest absolute Gasteiger partial charge is 0.227 e. The first-order chi connectivity index (χ1) is 9.02. The minimum absolute atomic E-state index is 0.177. The minimum atomic E-state index is 0.177. The third kappa shape index (κ3) is 3.35. The Morgan fingerprint density at radius 2 is 2.11 bits per heavy atom. The van der Waals surface area contributed by atoms with Crippen molar-refractivity contribution in [2.24, 2.45) is 11.7 Å². The molecule has 0 spiro atoms. The molecule has 1 unspecified atom stereocenters. The van der Waals surface area contributed by atoms with Gasteiger partial charge in [-0.2, -0.15) is 0 Å². The molecule has 0 saturated heterocycles. The quantitative estimate of drug-likeness (QED) is 0.880. The molecule has 0 bridgehead atoms. The highest BCUT2D eigenvalue weighted by molar-refractivity contribution is 5.79. The summed E-state index contributed by atoms with van der Waals surface area (Å²) >= 11 is 0. The van der Waals surface area contributed by atoms with Gasteiger partial charge in [-0.05, 0) is 43.7 Å². The van der Waals surface area contributed by atoms with Crippen LogP contribution in [0.15, 0.2) is 18.2 Å². The Hall–Kier alpha value is -1.35. The van der Waals surface area contributed by atoms with Crippen molar-refractivity contribution in [3.05, 3.63) is 34.9 Å². The highest BCUT2D eigenvalue weighted by Gasteiger charge is 2.34. The van der Waals surface area contributed by atoms with Crippen LogP contribution in [0.4, 0.5) is 0 Å². The van der Waals surface area contributed by atoms with Gasteiger partial charge in [-0.25, -0.2) is 0 Å². The van der Waals surface area contributed by atoms with E-state index in [1.165, 1.54) is 24.0 Å². The summed E-state index contributed by atoms with van der Waals surface area (Å²) in [7, 11) is 1.89. The van der Waals surface area contributed by atoms with Crippen molar-refractivity contribution < 1.29 is 4.79 Å². The van der Waals surface area contributed by atoms with Crippen LogP contribution >= 0.6 is 0 Å². The first-order valence-corrected chi connectivity index (χ1v) is 7.04. The molecule has 0 radical (unpaired) electrons. The SMILES string of the molecule is Cc1ccc(C)c(CC(=O)N(C)C(CN)C2CC2)c1. The van der Waals surface area contributed by atoms with Gasteiger partial charge in [0, 0.05) is 19.6 Å². The van der Waals surface area contributed by atoms with E-state index in [2.05, 4.69) is 32.0 Å². The van der Waals surface area contributed by atoms with Gasteiger partial charge in [0.15, 0.2) is 0 Å². The van der Waals surface area contributed by atoms with Crippen LogP contribution in [-0.2, 0) is 11.2 Å². The maximum atomic E-state index is 12.4. The number of carbonyl (C=O) groups is 1. The average molecular weight is 260 g/mol. The second kappa shape index (κ2) is 5.74. The van der Waals surface area contributed by atoms with E-state index in [4.69, 9.17) is 5.73 Å². The van der Waals surface area contributed by atoms with Gasteiger partial charge in [-0.3, -0.25) is 4.79 Å². The number of amides is 1. The van der Waals surface area contributed by atoms with E-state index in [1.807, 2.05) is 11.9 Å². The number of likely N-dealkylation sites (N-methyl/N-ethyl adjacent to an activating group) is 1. The van der Waals surface area contributed by atoms with Gasteiger partial charge >= 0.3 is 0 Å². The maximum absolute atomic E-state index is 12.4. The lowest BCUT2D eigenvalue weighted by atomic mass is 10.0. The normalized spacial score (nSPS) is 16.2. The number of hydrogen-bond donors (Lipinski definition) is 1. The molecule has 3 heteroatoms. The Morgan fingerprint density at radius 3 is 2.68 bits per heavy atom. The molecular formula is C16H24N2O. The highest BCUT2D eigenvalue weighted by Crippen LogP contribution is 2.34. The number of carbonyl (C=O) groups excluding carboxylic acids is 1. The summed E-state index contributed by atoms with van der Waals surface area (Å²) in [6.07, 6.45) is 2.90. The van der Waals surface area contributed by atoms with Crippen LogP contribution in [0.5, 0.6) is 0 Å². The fourth-order valence-corrected chi connectivity index (χ4v) is 2.61. The molecule has 1 aliphatic rings. The van der Waals surface area contributed by atoms with E-state index >= 15 is 0 Å². The Kier molecular flexibility index (Phi) is 4.25. The number of rotatable bonds is 5. The largest absolute Gasteiger partial charge is 0.341 e. The summed E-state index contributed by atoms with van der Waals surface area (Å²) in [5.74, 6) is 0.800. The Bertz CT molecular complexity index is 466. The minimum Gasteiger partial charge on any atom is -0.341 e. The van der Waals surface area contributed by atoms with Crippen LogP contribution < -0.4 is 5.73 Å². The fraction of sp³-hybridized carbons (Fsp3) is 0.562. The standard InChI is InChI=1S/C16H24N2O/c1-11-4-5-12(2)14(8-11)9-16(19)18(3)15(10-17)13-6-7-13/h4-5,8,13,15H,6-7,9-10,17H2,1-3H3. The second-order valence-corrected chi connectivity index (χ2v) is 5.75. The number of hydrogen-bond acceptors (Lipinski definition) is 2. The fourth-order valence-electron chi connectivity index (χ4n) is 2.61. The van der Waals surface area contributed by atoms with Crippen molar-refractivity contribution >= 4 is 5.91 Å². The van der Waals surface area contributed by atoms with Crippen LogP contribution in [0.25, 0.3) is 0 Å². The van der Waals surface area contributed by atoms with Crippen molar-refractivity contribution in [1.82, 2.24) is 4.90 Å². The first kappa shape index (κ1) is 14.1. The molecule has 1 aliphatic carbocycles. The number of aryl methyl sites for hydroxylation is 2. The molecule has 3 nitrogen and oxygen atoms in total. The van der Waals surface area contributed by atoms with Gasteiger partial charge < -0.3 is 10.6 Å². The molecule has 2 N–H and O–H groups in total. The predicted octanol–water partition coefficient (Wildman–Crippen LogP) is 2.04. The molecule has 1 amide bonds. The third-order valence-electron chi connectivity index (χ3n) is 4.14. The first-order valence-electron chi connectivity index (χ1n) is 7.04. The lowest BCUT2D eigenvalue weighted by Gasteiger charge is -2.27. The van der Waals surface area contributed by atoms with Crippen molar-refractivity contribution in [2.45, 2.75) is 39.2 Å². The molecule has 1 saturated carbocycles. The van der Waals surface area contributed by atoms with E-state index in [0.717, 1.165) is 5.56 Å².